The van der Waals surface area contributed by atoms with E-state index < -0.39 is 10.0 Å². The lowest BCUT2D eigenvalue weighted by atomic mass is 10.1. The molecule has 0 bridgehead atoms. The van der Waals surface area contributed by atoms with Crippen LogP contribution in [0, 0.1) is 6.92 Å². The minimum Gasteiger partial charge on any atom is -0.341 e. The van der Waals surface area contributed by atoms with E-state index in [4.69, 9.17) is 5.14 Å². The predicted octanol–water partition coefficient (Wildman–Crippen LogP) is 2.99. The number of primary sulfonamides is 1. The van der Waals surface area contributed by atoms with Crippen LogP contribution in [0.3, 0.4) is 0 Å². The summed E-state index contributed by atoms with van der Waals surface area (Å²) >= 11 is 0. The normalized spacial score (nSPS) is 11.7. The van der Waals surface area contributed by atoms with Gasteiger partial charge in [-0.25, -0.2) is 18.5 Å². The third-order valence-corrected chi connectivity index (χ3v) is 6.14. The first-order chi connectivity index (χ1) is 14.2. The van der Waals surface area contributed by atoms with E-state index in [1.165, 1.54) is 12.1 Å². The van der Waals surface area contributed by atoms with E-state index in [0.717, 1.165) is 35.4 Å². The van der Waals surface area contributed by atoms with Gasteiger partial charge in [0.05, 0.1) is 15.9 Å². The molecule has 7 nitrogen and oxygen atoms in total. The maximum absolute atomic E-state index is 12.7. The highest BCUT2D eigenvalue weighted by Gasteiger charge is 2.17. The largest absolute Gasteiger partial charge is 0.341 e. The number of hydrogen-bond donors (Lipinski definition) is 1. The van der Waals surface area contributed by atoms with Crippen LogP contribution in [0.15, 0.2) is 47.4 Å². The van der Waals surface area contributed by atoms with Gasteiger partial charge in [0, 0.05) is 33.0 Å². The van der Waals surface area contributed by atoms with Gasteiger partial charge >= 0.3 is 0 Å². The number of sulfonamides is 1. The molecule has 0 radical (unpaired) electrons. The van der Waals surface area contributed by atoms with Crippen LogP contribution in [0.2, 0.25) is 0 Å². The van der Waals surface area contributed by atoms with Crippen molar-refractivity contribution < 1.29 is 13.2 Å². The smallest absolute Gasteiger partial charge is 0.238 e. The van der Waals surface area contributed by atoms with Crippen molar-refractivity contribution in [2.24, 2.45) is 5.14 Å². The summed E-state index contributed by atoms with van der Waals surface area (Å²) in [6.07, 6.45) is 1.71. The zero-order chi connectivity index (χ0) is 21.9. The molecule has 0 unspecified atom stereocenters. The Kier molecular flexibility index (Phi) is 6.58. The van der Waals surface area contributed by atoms with Crippen molar-refractivity contribution in [3.63, 3.8) is 0 Å². The number of benzene rings is 2. The Morgan fingerprint density at radius 3 is 2.60 bits per heavy atom. The Hall–Kier alpha value is -2.71. The lowest BCUT2D eigenvalue weighted by molar-refractivity contribution is -0.130. The summed E-state index contributed by atoms with van der Waals surface area (Å²) in [4.78, 5) is 19.1. The predicted molar refractivity (Wildman–Crippen MR) is 117 cm³/mol. The first-order valence-corrected chi connectivity index (χ1v) is 11.6. The molecule has 1 heterocycles. The summed E-state index contributed by atoms with van der Waals surface area (Å²) in [5, 5.41) is 5.24. The lowest BCUT2D eigenvalue weighted by Crippen LogP contribution is -2.27. The number of nitrogens with two attached hydrogens (primary N) is 1. The number of carbonyl (C=O) groups is 1. The zero-order valence-corrected chi connectivity index (χ0v) is 18.4. The van der Waals surface area contributed by atoms with Crippen LogP contribution in [0.1, 0.15) is 36.7 Å². The molecule has 0 aliphatic heterocycles. The van der Waals surface area contributed by atoms with E-state index in [-0.39, 0.29) is 10.8 Å². The fourth-order valence-electron chi connectivity index (χ4n) is 3.54. The number of carbonyl (C=O) groups excluding carboxylic acids is 1. The Morgan fingerprint density at radius 2 is 1.93 bits per heavy atom. The van der Waals surface area contributed by atoms with E-state index in [1.54, 1.807) is 11.0 Å². The number of aryl methyl sites for hydroxylation is 3. The Morgan fingerprint density at radius 1 is 1.20 bits per heavy atom. The van der Waals surface area contributed by atoms with Gasteiger partial charge in [0.15, 0.2) is 0 Å². The molecule has 0 spiro atoms. The van der Waals surface area contributed by atoms with E-state index in [0.29, 0.717) is 24.9 Å². The SMILES string of the molecule is CCCn1c(CCC(=O)N(C)Cc2ccccc2C)nc2cc(S(N)(=O)=O)ccc21. The highest BCUT2D eigenvalue weighted by molar-refractivity contribution is 7.89. The molecule has 0 saturated carbocycles. The molecule has 2 N–H and O–H groups in total. The number of imidazole rings is 1. The van der Waals surface area contributed by atoms with Crippen molar-refractivity contribution in [1.29, 1.82) is 0 Å². The van der Waals surface area contributed by atoms with Crippen molar-refractivity contribution in [3.05, 3.63) is 59.4 Å². The van der Waals surface area contributed by atoms with E-state index in [9.17, 15) is 13.2 Å². The fourth-order valence-corrected chi connectivity index (χ4v) is 4.07. The van der Waals surface area contributed by atoms with Gasteiger partial charge in [0.25, 0.3) is 0 Å². The molecule has 0 aliphatic rings. The number of rotatable bonds is 8. The average Bonchev–Trinajstić information content (AvgIpc) is 3.04. The van der Waals surface area contributed by atoms with Gasteiger partial charge in [-0.05, 0) is 42.7 Å². The maximum Gasteiger partial charge on any atom is 0.238 e. The highest BCUT2D eigenvalue weighted by atomic mass is 32.2. The lowest BCUT2D eigenvalue weighted by Gasteiger charge is -2.18. The molecule has 0 saturated heterocycles. The van der Waals surface area contributed by atoms with Crippen LogP contribution in [0.25, 0.3) is 11.0 Å². The van der Waals surface area contributed by atoms with E-state index in [2.05, 4.69) is 16.5 Å². The molecule has 3 rings (SSSR count). The quantitative estimate of drug-likeness (QED) is 0.596. The molecule has 2 aromatic carbocycles. The molecule has 3 aromatic rings. The molecule has 30 heavy (non-hydrogen) atoms. The van der Waals surface area contributed by atoms with Crippen LogP contribution in [-0.2, 0) is 34.3 Å². The molecule has 8 heteroatoms. The topological polar surface area (TPSA) is 98.3 Å². The number of amides is 1. The van der Waals surface area contributed by atoms with Gasteiger partial charge < -0.3 is 9.47 Å². The van der Waals surface area contributed by atoms with E-state index in [1.807, 2.05) is 38.2 Å². The molecule has 1 amide bonds. The van der Waals surface area contributed by atoms with Crippen molar-refractivity contribution in [3.8, 4) is 0 Å². The summed E-state index contributed by atoms with van der Waals surface area (Å²) in [5.41, 5.74) is 3.71. The molecule has 0 atom stereocenters. The standard InChI is InChI=1S/C22H28N4O3S/c1-4-13-26-20-10-9-18(30(23,28)29)14-19(20)24-21(26)11-12-22(27)25(3)15-17-8-6-5-7-16(17)2/h5-10,14H,4,11-13,15H2,1-3H3,(H2,23,28,29). The Labute approximate surface area is 177 Å². The molecular weight excluding hydrogens is 400 g/mol. The van der Waals surface area contributed by atoms with E-state index >= 15 is 0 Å². The second kappa shape index (κ2) is 8.97. The first kappa shape index (κ1) is 22.0. The number of hydrogen-bond acceptors (Lipinski definition) is 4. The second-order valence-electron chi connectivity index (χ2n) is 7.55. The third-order valence-electron chi connectivity index (χ3n) is 5.23. The Balaban J connectivity index is 1.78. The second-order valence-corrected chi connectivity index (χ2v) is 9.11. The number of aromatic nitrogens is 2. The van der Waals surface area contributed by atoms with Crippen molar-refractivity contribution in [2.45, 2.75) is 51.1 Å². The number of fused-ring (bicyclic) bond motifs is 1. The summed E-state index contributed by atoms with van der Waals surface area (Å²) in [5.74, 6) is 0.814. The zero-order valence-electron chi connectivity index (χ0n) is 17.6. The highest BCUT2D eigenvalue weighted by Crippen LogP contribution is 2.21. The average molecular weight is 429 g/mol. The van der Waals surface area contributed by atoms with Crippen LogP contribution >= 0.6 is 0 Å². The van der Waals surface area contributed by atoms with Gasteiger partial charge in [0.1, 0.15) is 5.82 Å². The van der Waals surface area contributed by atoms with Gasteiger partial charge in [-0.3, -0.25) is 4.79 Å². The molecular formula is C22H28N4O3S. The minimum atomic E-state index is -3.79. The van der Waals surface area contributed by atoms with Crippen LogP contribution in [0.4, 0.5) is 0 Å². The van der Waals surface area contributed by atoms with Crippen molar-refractivity contribution >= 4 is 27.0 Å². The molecule has 1 aromatic heterocycles. The summed E-state index contributed by atoms with van der Waals surface area (Å²) in [6, 6.07) is 12.7. The van der Waals surface area contributed by atoms with Gasteiger partial charge in [-0.15, -0.1) is 0 Å². The van der Waals surface area contributed by atoms with Gasteiger partial charge in [-0.2, -0.15) is 0 Å². The molecule has 160 valence electrons. The summed E-state index contributed by atoms with van der Waals surface area (Å²) < 4.78 is 25.4. The number of nitrogens with zero attached hydrogens (tertiary/aromatic N) is 3. The first-order valence-electron chi connectivity index (χ1n) is 10.0. The van der Waals surface area contributed by atoms with Crippen LogP contribution in [0.5, 0.6) is 0 Å². The van der Waals surface area contributed by atoms with Crippen LogP contribution < -0.4 is 5.14 Å². The molecule has 0 aliphatic carbocycles. The van der Waals surface area contributed by atoms with Gasteiger partial charge in [0.2, 0.25) is 15.9 Å². The van der Waals surface area contributed by atoms with Gasteiger partial charge in [-0.1, -0.05) is 31.2 Å². The third kappa shape index (κ3) is 4.88. The minimum absolute atomic E-state index is 0.0386. The fraction of sp³-hybridized carbons (Fsp3) is 0.364. The van der Waals surface area contributed by atoms with Crippen molar-refractivity contribution in [1.82, 2.24) is 14.5 Å². The summed E-state index contributed by atoms with van der Waals surface area (Å²) in [6.45, 7) is 5.41. The maximum atomic E-state index is 12.7. The monoisotopic (exact) mass is 428 g/mol. The Bertz CT molecular complexity index is 1170. The summed E-state index contributed by atoms with van der Waals surface area (Å²) in [7, 11) is -1.98. The van der Waals surface area contributed by atoms with Crippen LogP contribution in [-0.4, -0.2) is 35.8 Å². The molecule has 0 fully saturated rings. The van der Waals surface area contributed by atoms with Crippen molar-refractivity contribution in [2.75, 3.05) is 7.05 Å².